The zero-order valence-electron chi connectivity index (χ0n) is 15.2. The molecule has 0 bridgehead atoms. The lowest BCUT2D eigenvalue weighted by Gasteiger charge is -2.42. The SMILES string of the molecule is CC1(C)COCCN1C(=O)c1ccc2c(c1)C(=O)N(Cc1ccco1)C2=O. The van der Waals surface area contributed by atoms with E-state index in [0.717, 1.165) is 4.90 Å². The summed E-state index contributed by atoms with van der Waals surface area (Å²) in [6.45, 7) is 5.38. The van der Waals surface area contributed by atoms with E-state index in [9.17, 15) is 14.4 Å². The zero-order chi connectivity index (χ0) is 19.2. The van der Waals surface area contributed by atoms with Gasteiger partial charge in [0.15, 0.2) is 0 Å². The number of amides is 3. The van der Waals surface area contributed by atoms with Gasteiger partial charge in [-0.3, -0.25) is 19.3 Å². The molecule has 0 N–H and O–H groups in total. The molecule has 4 rings (SSSR count). The van der Waals surface area contributed by atoms with Crippen LogP contribution in [-0.4, -0.2) is 52.8 Å². The Morgan fingerprint density at radius 3 is 2.63 bits per heavy atom. The van der Waals surface area contributed by atoms with Crippen LogP contribution in [0.1, 0.15) is 50.7 Å². The van der Waals surface area contributed by atoms with E-state index in [2.05, 4.69) is 0 Å². The number of fused-ring (bicyclic) bond motifs is 1. The van der Waals surface area contributed by atoms with Crippen LogP contribution in [0, 0.1) is 0 Å². The highest BCUT2D eigenvalue weighted by Crippen LogP contribution is 2.28. The molecular formula is C20H20N2O5. The van der Waals surface area contributed by atoms with Crippen molar-refractivity contribution >= 4 is 17.7 Å². The predicted molar refractivity (Wildman–Crippen MR) is 95.3 cm³/mol. The summed E-state index contributed by atoms with van der Waals surface area (Å²) in [5, 5.41) is 0. The molecule has 0 aliphatic carbocycles. The Kier molecular flexibility index (Phi) is 4.11. The summed E-state index contributed by atoms with van der Waals surface area (Å²) < 4.78 is 10.7. The van der Waals surface area contributed by atoms with Crippen LogP contribution in [0.2, 0.25) is 0 Å². The second kappa shape index (κ2) is 6.35. The summed E-state index contributed by atoms with van der Waals surface area (Å²) in [4.78, 5) is 41.2. The normalized spacial score (nSPS) is 18.7. The fourth-order valence-electron chi connectivity index (χ4n) is 3.52. The van der Waals surface area contributed by atoms with E-state index in [0.29, 0.717) is 36.6 Å². The number of carbonyl (C=O) groups is 3. The Balaban J connectivity index is 1.62. The van der Waals surface area contributed by atoms with Gasteiger partial charge in [-0.1, -0.05) is 0 Å². The van der Waals surface area contributed by atoms with E-state index in [4.69, 9.17) is 9.15 Å². The first kappa shape index (κ1) is 17.5. The molecule has 7 heteroatoms. The van der Waals surface area contributed by atoms with Crippen molar-refractivity contribution in [3.05, 3.63) is 59.0 Å². The van der Waals surface area contributed by atoms with Crippen molar-refractivity contribution in [2.75, 3.05) is 19.8 Å². The van der Waals surface area contributed by atoms with Gasteiger partial charge in [0, 0.05) is 12.1 Å². The van der Waals surface area contributed by atoms with Crippen molar-refractivity contribution in [2.24, 2.45) is 0 Å². The molecular weight excluding hydrogens is 348 g/mol. The van der Waals surface area contributed by atoms with Crippen LogP contribution in [0.15, 0.2) is 41.0 Å². The van der Waals surface area contributed by atoms with Crippen molar-refractivity contribution in [1.82, 2.24) is 9.80 Å². The van der Waals surface area contributed by atoms with E-state index in [-0.39, 0.29) is 23.9 Å². The molecule has 27 heavy (non-hydrogen) atoms. The number of nitrogens with zero attached hydrogens (tertiary/aromatic N) is 2. The second-order valence-electron chi connectivity index (χ2n) is 7.36. The minimum absolute atomic E-state index is 0.0686. The summed E-state index contributed by atoms with van der Waals surface area (Å²) >= 11 is 0. The van der Waals surface area contributed by atoms with Gasteiger partial charge < -0.3 is 14.1 Å². The van der Waals surface area contributed by atoms with Crippen LogP contribution in [0.25, 0.3) is 0 Å². The number of carbonyl (C=O) groups excluding carboxylic acids is 3. The number of morpholine rings is 1. The minimum atomic E-state index is -0.431. The quantitative estimate of drug-likeness (QED) is 0.777. The Bertz CT molecular complexity index is 916. The molecule has 0 saturated carbocycles. The largest absolute Gasteiger partial charge is 0.467 e. The van der Waals surface area contributed by atoms with Gasteiger partial charge in [-0.25, -0.2) is 0 Å². The van der Waals surface area contributed by atoms with Crippen molar-refractivity contribution < 1.29 is 23.5 Å². The van der Waals surface area contributed by atoms with Crippen LogP contribution >= 0.6 is 0 Å². The van der Waals surface area contributed by atoms with E-state index in [1.165, 1.54) is 12.3 Å². The van der Waals surface area contributed by atoms with Crippen molar-refractivity contribution in [2.45, 2.75) is 25.9 Å². The summed E-state index contributed by atoms with van der Waals surface area (Å²) in [6, 6.07) is 8.09. The number of hydrogen-bond donors (Lipinski definition) is 0. The molecule has 1 saturated heterocycles. The van der Waals surface area contributed by atoms with Crippen LogP contribution in [-0.2, 0) is 11.3 Å². The fourth-order valence-corrected chi connectivity index (χ4v) is 3.52. The maximum Gasteiger partial charge on any atom is 0.261 e. The summed E-state index contributed by atoms with van der Waals surface area (Å²) in [5.74, 6) is -0.439. The van der Waals surface area contributed by atoms with Crippen LogP contribution in [0.4, 0.5) is 0 Å². The number of furan rings is 1. The monoisotopic (exact) mass is 368 g/mol. The maximum atomic E-state index is 13.0. The smallest absolute Gasteiger partial charge is 0.261 e. The van der Waals surface area contributed by atoms with Crippen molar-refractivity contribution in [1.29, 1.82) is 0 Å². The number of rotatable bonds is 3. The van der Waals surface area contributed by atoms with Crippen LogP contribution in [0.3, 0.4) is 0 Å². The van der Waals surface area contributed by atoms with Crippen molar-refractivity contribution in [3.63, 3.8) is 0 Å². The predicted octanol–water partition coefficient (Wildman–Crippen LogP) is 2.33. The fraction of sp³-hybridized carbons (Fsp3) is 0.350. The molecule has 2 aliphatic rings. The third kappa shape index (κ3) is 2.94. The lowest BCUT2D eigenvalue weighted by molar-refractivity contribution is -0.0370. The number of benzene rings is 1. The standard InChI is InChI=1S/C20H20N2O5/c1-20(2)12-26-9-7-22(20)17(23)13-5-6-15-16(10-13)19(25)21(18(15)24)11-14-4-3-8-27-14/h3-6,8,10H,7,9,11-12H2,1-2H3. The van der Waals surface area contributed by atoms with Gasteiger partial charge in [-0.2, -0.15) is 0 Å². The number of imide groups is 1. The van der Waals surface area contributed by atoms with Gasteiger partial charge >= 0.3 is 0 Å². The van der Waals surface area contributed by atoms with Gasteiger partial charge in [-0.15, -0.1) is 0 Å². The van der Waals surface area contributed by atoms with Gasteiger partial charge in [-0.05, 0) is 44.2 Å². The first-order valence-electron chi connectivity index (χ1n) is 8.81. The highest BCUT2D eigenvalue weighted by atomic mass is 16.5. The lowest BCUT2D eigenvalue weighted by Crippen LogP contribution is -2.55. The average molecular weight is 368 g/mol. The average Bonchev–Trinajstić information content (AvgIpc) is 3.24. The molecule has 1 aromatic carbocycles. The first-order valence-corrected chi connectivity index (χ1v) is 8.81. The molecule has 3 amide bonds. The van der Waals surface area contributed by atoms with Crippen LogP contribution in [0.5, 0.6) is 0 Å². The van der Waals surface area contributed by atoms with E-state index < -0.39 is 11.4 Å². The molecule has 7 nitrogen and oxygen atoms in total. The zero-order valence-corrected chi connectivity index (χ0v) is 15.2. The third-order valence-corrected chi connectivity index (χ3v) is 5.00. The highest BCUT2D eigenvalue weighted by molar-refractivity contribution is 6.22. The second-order valence-corrected chi connectivity index (χ2v) is 7.36. The van der Waals surface area contributed by atoms with Crippen LogP contribution < -0.4 is 0 Å². The first-order chi connectivity index (χ1) is 12.9. The molecule has 1 aromatic heterocycles. The topological polar surface area (TPSA) is 80.1 Å². The molecule has 3 heterocycles. The highest BCUT2D eigenvalue weighted by Gasteiger charge is 2.38. The van der Waals surface area contributed by atoms with Crippen molar-refractivity contribution in [3.8, 4) is 0 Å². The van der Waals surface area contributed by atoms with Gasteiger partial charge in [0.05, 0.1) is 42.7 Å². The van der Waals surface area contributed by atoms with Gasteiger partial charge in [0.2, 0.25) is 0 Å². The minimum Gasteiger partial charge on any atom is -0.467 e. The summed E-state index contributed by atoms with van der Waals surface area (Å²) in [7, 11) is 0. The Labute approximate surface area is 156 Å². The molecule has 140 valence electrons. The number of ether oxygens (including phenoxy) is 1. The third-order valence-electron chi connectivity index (χ3n) is 5.00. The lowest BCUT2D eigenvalue weighted by atomic mass is 9.99. The van der Waals surface area contributed by atoms with E-state index >= 15 is 0 Å². The van der Waals surface area contributed by atoms with Gasteiger partial charge in [0.25, 0.3) is 17.7 Å². The molecule has 0 unspecified atom stereocenters. The van der Waals surface area contributed by atoms with E-state index in [1.807, 2.05) is 13.8 Å². The molecule has 1 fully saturated rings. The van der Waals surface area contributed by atoms with E-state index in [1.54, 1.807) is 29.2 Å². The summed E-state index contributed by atoms with van der Waals surface area (Å²) in [6.07, 6.45) is 1.49. The summed E-state index contributed by atoms with van der Waals surface area (Å²) in [5.41, 5.74) is 0.525. The maximum absolute atomic E-state index is 13.0. The molecule has 0 spiro atoms. The molecule has 2 aromatic rings. The Morgan fingerprint density at radius 1 is 1.15 bits per heavy atom. The number of hydrogen-bond acceptors (Lipinski definition) is 5. The Morgan fingerprint density at radius 2 is 1.93 bits per heavy atom. The molecule has 0 radical (unpaired) electrons. The van der Waals surface area contributed by atoms with Gasteiger partial charge in [0.1, 0.15) is 5.76 Å². The molecule has 0 atom stereocenters. The molecule has 2 aliphatic heterocycles. The Hall–Kier alpha value is -2.93.